The summed E-state index contributed by atoms with van der Waals surface area (Å²) in [7, 11) is 0. The molecule has 0 unspecified atom stereocenters. The first-order chi connectivity index (χ1) is 13.0. The Morgan fingerprint density at radius 2 is 1.59 bits per heavy atom. The van der Waals surface area contributed by atoms with Crippen molar-refractivity contribution in [1.82, 2.24) is 0 Å². The maximum absolute atomic E-state index is 13.8. The zero-order valence-corrected chi connectivity index (χ0v) is 14.9. The van der Waals surface area contributed by atoms with Crippen LogP contribution in [0.1, 0.15) is 4.88 Å². The maximum Gasteiger partial charge on any atom is 0.316 e. The van der Waals surface area contributed by atoms with Crippen LogP contribution >= 0.6 is 11.3 Å². The fraction of sp³-hybridized carbons (Fsp3) is 0. The maximum atomic E-state index is 13.8. The Bertz CT molecular complexity index is 996. The zero-order valence-electron chi connectivity index (χ0n) is 14.1. The van der Waals surface area contributed by atoms with Crippen molar-refractivity contribution in [3.05, 3.63) is 77.4 Å². The number of amides is 3. The third kappa shape index (κ3) is 5.02. The van der Waals surface area contributed by atoms with E-state index in [0.29, 0.717) is 16.9 Å². The van der Waals surface area contributed by atoms with Gasteiger partial charge in [-0.15, -0.1) is 11.3 Å². The molecule has 0 atom stereocenters. The van der Waals surface area contributed by atoms with Gasteiger partial charge in [0.1, 0.15) is 5.82 Å². The van der Waals surface area contributed by atoms with E-state index in [1.165, 1.54) is 23.5 Å². The van der Waals surface area contributed by atoms with E-state index in [-0.39, 0.29) is 11.7 Å². The third-order valence-corrected chi connectivity index (χ3v) is 4.67. The summed E-state index contributed by atoms with van der Waals surface area (Å²) in [6, 6.07) is 16.1. The van der Waals surface area contributed by atoms with E-state index in [9.17, 15) is 14.0 Å². The van der Waals surface area contributed by atoms with Crippen molar-refractivity contribution in [2.75, 3.05) is 10.6 Å². The molecule has 0 spiro atoms. The highest BCUT2D eigenvalue weighted by Gasteiger charge is 2.06. The van der Waals surface area contributed by atoms with Crippen molar-refractivity contribution < 1.29 is 14.0 Å². The van der Waals surface area contributed by atoms with Crippen LogP contribution in [-0.2, 0) is 4.79 Å². The zero-order chi connectivity index (χ0) is 19.2. The molecule has 0 aliphatic rings. The van der Waals surface area contributed by atoms with Gasteiger partial charge < -0.3 is 16.4 Å². The highest BCUT2D eigenvalue weighted by molar-refractivity contribution is 7.16. The van der Waals surface area contributed by atoms with E-state index in [0.717, 1.165) is 9.75 Å². The van der Waals surface area contributed by atoms with Crippen LogP contribution in [0.25, 0.3) is 16.5 Å². The van der Waals surface area contributed by atoms with Gasteiger partial charge in [-0.2, -0.15) is 0 Å². The summed E-state index contributed by atoms with van der Waals surface area (Å²) >= 11 is 1.40. The van der Waals surface area contributed by atoms with Gasteiger partial charge in [0.05, 0.1) is 0 Å². The Kier molecular flexibility index (Phi) is 5.63. The number of hydrogen-bond donors (Lipinski definition) is 3. The molecule has 7 heteroatoms. The van der Waals surface area contributed by atoms with Crippen LogP contribution in [0.5, 0.6) is 0 Å². The van der Waals surface area contributed by atoms with E-state index >= 15 is 0 Å². The van der Waals surface area contributed by atoms with Crippen LogP contribution in [0, 0.1) is 5.82 Å². The summed E-state index contributed by atoms with van der Waals surface area (Å²) in [5, 5.41) is 5.15. The van der Waals surface area contributed by atoms with Gasteiger partial charge in [-0.1, -0.05) is 18.2 Å². The Balaban J connectivity index is 1.62. The molecule has 0 aliphatic heterocycles. The Hall–Kier alpha value is -3.45. The lowest BCUT2D eigenvalue weighted by Gasteiger charge is -2.04. The smallest absolute Gasteiger partial charge is 0.316 e. The normalized spacial score (nSPS) is 10.7. The van der Waals surface area contributed by atoms with Gasteiger partial charge in [0.15, 0.2) is 0 Å². The van der Waals surface area contributed by atoms with E-state index < -0.39 is 6.03 Å². The second kappa shape index (κ2) is 8.29. The van der Waals surface area contributed by atoms with E-state index in [1.807, 2.05) is 12.1 Å². The lowest BCUT2D eigenvalue weighted by molar-refractivity contribution is -0.111. The van der Waals surface area contributed by atoms with Crippen LogP contribution < -0.4 is 16.4 Å². The molecule has 4 N–H and O–H groups in total. The molecule has 1 aromatic heterocycles. The van der Waals surface area contributed by atoms with Crippen LogP contribution in [-0.4, -0.2) is 11.9 Å². The molecule has 1 heterocycles. The number of nitrogens with two attached hydrogens (primary N) is 1. The number of urea groups is 1. The molecule has 2 aromatic carbocycles. The number of hydrogen-bond acceptors (Lipinski definition) is 3. The third-order valence-electron chi connectivity index (χ3n) is 3.59. The van der Waals surface area contributed by atoms with Gasteiger partial charge >= 0.3 is 6.03 Å². The molecule has 3 aromatic rings. The number of carbonyl (C=O) groups is 2. The highest BCUT2D eigenvalue weighted by atomic mass is 32.1. The fourth-order valence-corrected chi connectivity index (χ4v) is 3.31. The van der Waals surface area contributed by atoms with Crippen LogP contribution in [0.3, 0.4) is 0 Å². The number of primary amides is 1. The van der Waals surface area contributed by atoms with Crippen molar-refractivity contribution in [1.29, 1.82) is 0 Å². The first kappa shape index (κ1) is 18.3. The SMILES string of the molecule is NC(=O)Nc1ccc(NC(=O)/C=C/c2ccc(-c3ccccc3F)s2)cc1. The number of nitrogens with one attached hydrogen (secondary N) is 2. The van der Waals surface area contributed by atoms with Gasteiger partial charge in [0.2, 0.25) is 5.91 Å². The van der Waals surface area contributed by atoms with E-state index in [1.54, 1.807) is 48.5 Å². The number of halogens is 1. The number of thiophene rings is 1. The minimum Gasteiger partial charge on any atom is -0.351 e. The van der Waals surface area contributed by atoms with Gasteiger partial charge in [0, 0.05) is 32.8 Å². The largest absolute Gasteiger partial charge is 0.351 e. The molecule has 5 nitrogen and oxygen atoms in total. The molecule has 0 aliphatic carbocycles. The quantitative estimate of drug-likeness (QED) is 0.560. The predicted octanol–water partition coefficient (Wildman–Crippen LogP) is 4.70. The standard InChI is InChI=1S/C20H16FN3O2S/c21-17-4-2-1-3-16(17)18-11-9-15(27-18)10-12-19(25)23-13-5-7-14(8-6-13)24-20(22)26/h1-12H,(H,23,25)(H3,22,24,26)/b12-10+. The predicted molar refractivity (Wildman–Crippen MR) is 107 cm³/mol. The molecule has 0 saturated carbocycles. The number of rotatable bonds is 5. The van der Waals surface area contributed by atoms with Gasteiger partial charge in [-0.25, -0.2) is 9.18 Å². The first-order valence-electron chi connectivity index (χ1n) is 8.01. The minimum absolute atomic E-state index is 0.276. The molecule has 136 valence electrons. The molecule has 3 rings (SSSR count). The lowest BCUT2D eigenvalue weighted by atomic mass is 10.2. The summed E-state index contributed by atoms with van der Waals surface area (Å²) in [5.41, 5.74) is 6.69. The van der Waals surface area contributed by atoms with Crippen molar-refractivity contribution in [2.45, 2.75) is 0 Å². The first-order valence-corrected chi connectivity index (χ1v) is 8.83. The Morgan fingerprint density at radius 3 is 2.26 bits per heavy atom. The molecule has 0 saturated heterocycles. The minimum atomic E-state index is -0.652. The topological polar surface area (TPSA) is 84.2 Å². The summed E-state index contributed by atoms with van der Waals surface area (Å²) in [6.45, 7) is 0. The average molecular weight is 381 g/mol. The monoisotopic (exact) mass is 381 g/mol. The molecule has 0 bridgehead atoms. The molecule has 3 amide bonds. The Morgan fingerprint density at radius 1 is 0.926 bits per heavy atom. The second-order valence-electron chi connectivity index (χ2n) is 5.57. The Labute approximate surface area is 159 Å². The van der Waals surface area contributed by atoms with Crippen LogP contribution in [0.4, 0.5) is 20.6 Å². The molecule has 27 heavy (non-hydrogen) atoms. The summed E-state index contributed by atoms with van der Waals surface area (Å²) in [4.78, 5) is 24.4. The number of carbonyl (C=O) groups excluding carboxylic acids is 2. The van der Waals surface area contributed by atoms with Crippen molar-refractivity contribution >= 4 is 40.7 Å². The molecular formula is C20H16FN3O2S. The lowest BCUT2D eigenvalue weighted by Crippen LogP contribution is -2.19. The summed E-state index contributed by atoms with van der Waals surface area (Å²) < 4.78 is 13.8. The van der Waals surface area contributed by atoms with E-state index in [4.69, 9.17) is 5.73 Å². The number of anilines is 2. The molecule has 0 fully saturated rings. The second-order valence-corrected chi connectivity index (χ2v) is 6.69. The van der Waals surface area contributed by atoms with Crippen molar-refractivity contribution in [3.63, 3.8) is 0 Å². The molecular weight excluding hydrogens is 365 g/mol. The van der Waals surface area contributed by atoms with Gasteiger partial charge in [0.25, 0.3) is 0 Å². The van der Waals surface area contributed by atoms with E-state index in [2.05, 4.69) is 10.6 Å². The van der Waals surface area contributed by atoms with Crippen LogP contribution in [0.15, 0.2) is 66.7 Å². The molecule has 0 radical (unpaired) electrons. The summed E-state index contributed by atoms with van der Waals surface area (Å²) in [6.07, 6.45) is 3.08. The highest BCUT2D eigenvalue weighted by Crippen LogP contribution is 2.30. The van der Waals surface area contributed by atoms with Crippen molar-refractivity contribution in [2.24, 2.45) is 5.73 Å². The van der Waals surface area contributed by atoms with Crippen LogP contribution in [0.2, 0.25) is 0 Å². The van der Waals surface area contributed by atoms with Gasteiger partial charge in [-0.05, 0) is 48.5 Å². The summed E-state index contributed by atoms with van der Waals surface area (Å²) in [5.74, 6) is -0.576. The fourth-order valence-electron chi connectivity index (χ4n) is 2.37. The average Bonchev–Trinajstić information content (AvgIpc) is 3.10. The number of benzene rings is 2. The van der Waals surface area contributed by atoms with Crippen molar-refractivity contribution in [3.8, 4) is 10.4 Å². The van der Waals surface area contributed by atoms with Gasteiger partial charge in [-0.3, -0.25) is 4.79 Å².